The number of benzene rings is 1. The molecular weight excluding hydrogens is 268 g/mol. The van der Waals surface area contributed by atoms with Crippen LogP contribution in [0, 0.1) is 22.0 Å². The number of hydrazine groups is 1. The molecule has 0 aliphatic carbocycles. The number of hydrogen-bond acceptors (Lipinski definition) is 5. The van der Waals surface area contributed by atoms with Gasteiger partial charge in [0.1, 0.15) is 5.69 Å². The molecule has 3 unspecified atom stereocenters. The highest BCUT2D eigenvalue weighted by molar-refractivity contribution is 5.65. The number of piperidine rings is 1. The zero-order chi connectivity index (χ0) is 15.6. The third-order valence-corrected chi connectivity index (χ3v) is 4.56. The van der Waals surface area contributed by atoms with Crippen molar-refractivity contribution in [3.05, 3.63) is 33.9 Å². The molecule has 6 heteroatoms. The summed E-state index contributed by atoms with van der Waals surface area (Å²) in [6, 6.07) is 5.56. The monoisotopic (exact) mass is 292 g/mol. The van der Waals surface area contributed by atoms with Crippen LogP contribution in [0.4, 0.5) is 11.4 Å². The van der Waals surface area contributed by atoms with Gasteiger partial charge in [-0.15, -0.1) is 0 Å². The van der Waals surface area contributed by atoms with Crippen molar-refractivity contribution in [1.29, 1.82) is 0 Å². The second kappa shape index (κ2) is 6.41. The Bertz CT molecular complexity index is 520. The van der Waals surface area contributed by atoms with Crippen molar-refractivity contribution in [3.63, 3.8) is 0 Å². The Hall–Kier alpha value is -1.66. The van der Waals surface area contributed by atoms with Gasteiger partial charge in [0.2, 0.25) is 0 Å². The molecule has 0 spiro atoms. The standard InChI is InChI=1S/C15H24N4O2/c1-10-7-11(2)12(3)18(8-10)9-13-5-4-6-14(19(20)21)15(13)17-16/h4-6,10-12,17H,7-9,16H2,1-3H3. The topological polar surface area (TPSA) is 84.4 Å². The summed E-state index contributed by atoms with van der Waals surface area (Å²) in [5, 5.41) is 11.1. The van der Waals surface area contributed by atoms with Crippen molar-refractivity contribution in [3.8, 4) is 0 Å². The van der Waals surface area contributed by atoms with Crippen LogP contribution in [0.15, 0.2) is 18.2 Å². The molecule has 6 nitrogen and oxygen atoms in total. The second-order valence-corrected chi connectivity index (χ2v) is 6.20. The Labute approximate surface area is 125 Å². The maximum atomic E-state index is 11.1. The first-order valence-electron chi connectivity index (χ1n) is 7.41. The number of rotatable bonds is 4. The van der Waals surface area contributed by atoms with Crippen molar-refractivity contribution >= 4 is 11.4 Å². The number of para-hydroxylation sites is 1. The number of hydrogen-bond donors (Lipinski definition) is 2. The SMILES string of the molecule is CC1CC(C)C(C)N(Cc2cccc([N+](=O)[O-])c2NN)C1. The number of nitro groups is 1. The Morgan fingerprint density at radius 1 is 1.43 bits per heavy atom. The van der Waals surface area contributed by atoms with Gasteiger partial charge in [-0.2, -0.15) is 0 Å². The van der Waals surface area contributed by atoms with Crippen LogP contribution < -0.4 is 11.3 Å². The van der Waals surface area contributed by atoms with Gasteiger partial charge in [0.05, 0.1) is 4.92 Å². The van der Waals surface area contributed by atoms with Gasteiger partial charge < -0.3 is 5.43 Å². The summed E-state index contributed by atoms with van der Waals surface area (Å²) >= 11 is 0. The number of nitrogens with zero attached hydrogens (tertiary/aromatic N) is 2. The van der Waals surface area contributed by atoms with Gasteiger partial charge in [0.25, 0.3) is 5.69 Å². The van der Waals surface area contributed by atoms with Crippen LogP contribution >= 0.6 is 0 Å². The summed E-state index contributed by atoms with van der Waals surface area (Å²) in [6.45, 7) is 8.44. The van der Waals surface area contributed by atoms with Gasteiger partial charge in [-0.3, -0.25) is 20.9 Å². The highest BCUT2D eigenvalue weighted by atomic mass is 16.6. The van der Waals surface area contributed by atoms with Gasteiger partial charge in [-0.05, 0) is 30.7 Å². The lowest BCUT2D eigenvalue weighted by atomic mass is 9.85. The third-order valence-electron chi connectivity index (χ3n) is 4.56. The molecular formula is C15H24N4O2. The number of nitrogen functional groups attached to an aromatic ring is 1. The zero-order valence-corrected chi connectivity index (χ0v) is 12.9. The third kappa shape index (κ3) is 3.33. The second-order valence-electron chi connectivity index (χ2n) is 6.20. The molecule has 0 bridgehead atoms. The minimum Gasteiger partial charge on any atom is -0.318 e. The highest BCUT2D eigenvalue weighted by Gasteiger charge is 2.29. The van der Waals surface area contributed by atoms with E-state index in [2.05, 4.69) is 31.1 Å². The molecule has 21 heavy (non-hydrogen) atoms. The molecule has 0 radical (unpaired) electrons. The number of nitro benzene ring substituents is 1. The van der Waals surface area contributed by atoms with Crippen LogP contribution in [-0.4, -0.2) is 22.4 Å². The normalized spacial score (nSPS) is 26.6. The fourth-order valence-electron chi connectivity index (χ4n) is 3.30. The number of anilines is 1. The Morgan fingerprint density at radius 2 is 2.14 bits per heavy atom. The van der Waals surface area contributed by atoms with E-state index < -0.39 is 4.92 Å². The van der Waals surface area contributed by atoms with E-state index in [1.807, 2.05) is 6.07 Å². The predicted molar refractivity (Wildman–Crippen MR) is 83.7 cm³/mol. The highest BCUT2D eigenvalue weighted by Crippen LogP contribution is 2.32. The van der Waals surface area contributed by atoms with E-state index in [-0.39, 0.29) is 5.69 Å². The van der Waals surface area contributed by atoms with Crippen LogP contribution in [0.3, 0.4) is 0 Å². The van der Waals surface area contributed by atoms with Crippen molar-refractivity contribution < 1.29 is 4.92 Å². The maximum absolute atomic E-state index is 11.1. The zero-order valence-electron chi connectivity index (χ0n) is 12.9. The fraction of sp³-hybridized carbons (Fsp3) is 0.600. The predicted octanol–water partition coefficient (Wildman–Crippen LogP) is 2.75. The van der Waals surface area contributed by atoms with Crippen LogP contribution in [0.1, 0.15) is 32.8 Å². The van der Waals surface area contributed by atoms with Gasteiger partial charge >= 0.3 is 0 Å². The molecule has 1 aromatic rings. The Morgan fingerprint density at radius 3 is 2.76 bits per heavy atom. The lowest BCUT2D eigenvalue weighted by molar-refractivity contribution is -0.384. The minimum absolute atomic E-state index is 0.0285. The molecule has 0 saturated carbocycles. The summed E-state index contributed by atoms with van der Waals surface area (Å²) in [6.07, 6.45) is 1.23. The molecule has 2 rings (SSSR count). The van der Waals surface area contributed by atoms with Crippen molar-refractivity contribution in [2.45, 2.75) is 39.8 Å². The van der Waals surface area contributed by atoms with E-state index in [4.69, 9.17) is 5.84 Å². The van der Waals surface area contributed by atoms with Gasteiger partial charge in [0.15, 0.2) is 0 Å². The Kier molecular flexibility index (Phi) is 4.80. The molecule has 1 aliphatic heterocycles. The molecule has 1 fully saturated rings. The fourth-order valence-corrected chi connectivity index (χ4v) is 3.30. The van der Waals surface area contributed by atoms with Crippen LogP contribution in [0.5, 0.6) is 0 Å². The van der Waals surface area contributed by atoms with E-state index in [0.29, 0.717) is 30.1 Å². The van der Waals surface area contributed by atoms with Crippen molar-refractivity contribution in [1.82, 2.24) is 4.90 Å². The Balaban J connectivity index is 2.26. The van der Waals surface area contributed by atoms with Crippen LogP contribution in [-0.2, 0) is 6.54 Å². The van der Waals surface area contributed by atoms with E-state index in [1.54, 1.807) is 6.07 Å². The molecule has 116 valence electrons. The lowest BCUT2D eigenvalue weighted by Gasteiger charge is -2.41. The summed E-state index contributed by atoms with van der Waals surface area (Å²) in [4.78, 5) is 13.1. The molecule has 1 aliphatic rings. The first-order valence-corrected chi connectivity index (χ1v) is 7.41. The van der Waals surface area contributed by atoms with E-state index >= 15 is 0 Å². The molecule has 1 heterocycles. The summed E-state index contributed by atoms with van der Waals surface area (Å²) in [5.41, 5.74) is 3.82. The molecule has 3 atom stereocenters. The summed E-state index contributed by atoms with van der Waals surface area (Å²) in [5.74, 6) is 6.78. The number of likely N-dealkylation sites (tertiary alicyclic amines) is 1. The average molecular weight is 292 g/mol. The van der Waals surface area contributed by atoms with E-state index in [1.165, 1.54) is 12.5 Å². The van der Waals surface area contributed by atoms with Crippen LogP contribution in [0.2, 0.25) is 0 Å². The average Bonchev–Trinajstić information content (AvgIpc) is 2.43. The minimum atomic E-state index is -0.399. The first-order chi connectivity index (χ1) is 9.93. The smallest absolute Gasteiger partial charge is 0.293 e. The number of nitrogens with two attached hydrogens (primary N) is 1. The molecule has 0 amide bonds. The maximum Gasteiger partial charge on any atom is 0.293 e. The van der Waals surface area contributed by atoms with Crippen molar-refractivity contribution in [2.75, 3.05) is 12.0 Å². The largest absolute Gasteiger partial charge is 0.318 e. The first kappa shape index (κ1) is 15.7. The summed E-state index contributed by atoms with van der Waals surface area (Å²) in [7, 11) is 0. The molecule has 1 aromatic carbocycles. The quantitative estimate of drug-likeness (QED) is 0.506. The van der Waals surface area contributed by atoms with E-state index in [0.717, 1.165) is 12.1 Å². The molecule has 1 saturated heterocycles. The van der Waals surface area contributed by atoms with Crippen LogP contribution in [0.25, 0.3) is 0 Å². The van der Waals surface area contributed by atoms with Crippen molar-refractivity contribution in [2.24, 2.45) is 17.7 Å². The summed E-state index contributed by atoms with van der Waals surface area (Å²) < 4.78 is 0. The molecule has 3 N–H and O–H groups in total. The van der Waals surface area contributed by atoms with E-state index in [9.17, 15) is 10.1 Å². The molecule has 0 aromatic heterocycles. The van der Waals surface area contributed by atoms with Gasteiger partial charge in [-0.1, -0.05) is 26.0 Å². The van der Waals surface area contributed by atoms with Gasteiger partial charge in [0, 0.05) is 25.2 Å². The number of nitrogens with one attached hydrogen (secondary N) is 1. The van der Waals surface area contributed by atoms with Gasteiger partial charge in [-0.25, -0.2) is 0 Å². The lowest BCUT2D eigenvalue weighted by Crippen LogP contribution is -2.45.